The SMILES string of the molecule is Cn1cnc2c(Nc3cccc4[nH]c(Cl)cc34)cccc21. The second-order valence-corrected chi connectivity index (χ2v) is 5.45. The maximum Gasteiger partial charge on any atom is 0.112 e. The quantitative estimate of drug-likeness (QED) is 0.574. The van der Waals surface area contributed by atoms with Crippen LogP contribution in [0.4, 0.5) is 11.4 Å². The lowest BCUT2D eigenvalue weighted by molar-refractivity contribution is 0.948. The van der Waals surface area contributed by atoms with Crippen molar-refractivity contribution in [2.75, 3.05) is 5.32 Å². The number of nitrogens with zero attached hydrogens (tertiary/aromatic N) is 2. The molecule has 2 heterocycles. The van der Waals surface area contributed by atoms with Gasteiger partial charge in [0.15, 0.2) is 0 Å². The summed E-state index contributed by atoms with van der Waals surface area (Å²) in [4.78, 5) is 7.60. The van der Waals surface area contributed by atoms with E-state index in [1.54, 1.807) is 0 Å². The predicted molar refractivity (Wildman–Crippen MR) is 87.3 cm³/mol. The lowest BCUT2D eigenvalue weighted by Crippen LogP contribution is -1.92. The first-order valence-electron chi connectivity index (χ1n) is 6.67. The van der Waals surface area contributed by atoms with E-state index in [4.69, 9.17) is 11.6 Å². The number of rotatable bonds is 2. The van der Waals surface area contributed by atoms with E-state index in [-0.39, 0.29) is 0 Å². The number of aryl methyl sites for hydroxylation is 1. The standard InChI is InChI=1S/C16H13ClN4/c1-21-9-18-16-13(6-3-7-14(16)21)19-11-4-2-5-12-10(11)8-15(17)20-12/h2-9,19-20H,1H3. The van der Waals surface area contributed by atoms with E-state index in [0.717, 1.165) is 33.3 Å². The van der Waals surface area contributed by atoms with Gasteiger partial charge in [-0.1, -0.05) is 23.7 Å². The largest absolute Gasteiger partial charge is 0.353 e. The second kappa shape index (κ2) is 4.53. The Bertz CT molecular complexity index is 939. The van der Waals surface area contributed by atoms with Crippen LogP contribution < -0.4 is 5.32 Å². The lowest BCUT2D eigenvalue weighted by Gasteiger charge is -2.08. The zero-order valence-corrected chi connectivity index (χ0v) is 12.1. The number of hydrogen-bond acceptors (Lipinski definition) is 2. The van der Waals surface area contributed by atoms with Gasteiger partial charge in [0.05, 0.1) is 17.5 Å². The van der Waals surface area contributed by atoms with Crippen molar-refractivity contribution in [3.8, 4) is 0 Å². The Kier molecular flexibility index (Phi) is 2.65. The van der Waals surface area contributed by atoms with Crippen molar-refractivity contribution in [2.24, 2.45) is 7.05 Å². The molecular weight excluding hydrogens is 284 g/mol. The number of H-pyrrole nitrogens is 1. The fourth-order valence-electron chi connectivity index (χ4n) is 2.63. The van der Waals surface area contributed by atoms with E-state index in [9.17, 15) is 0 Å². The summed E-state index contributed by atoms with van der Waals surface area (Å²) in [5.74, 6) is 0. The summed E-state index contributed by atoms with van der Waals surface area (Å²) in [6.45, 7) is 0. The molecule has 0 fully saturated rings. The van der Waals surface area contributed by atoms with Crippen LogP contribution in [0.15, 0.2) is 48.8 Å². The highest BCUT2D eigenvalue weighted by molar-refractivity contribution is 6.31. The van der Waals surface area contributed by atoms with Crippen LogP contribution in [0.3, 0.4) is 0 Å². The number of aromatic amines is 1. The lowest BCUT2D eigenvalue weighted by atomic mass is 10.2. The molecule has 0 unspecified atom stereocenters. The number of fused-ring (bicyclic) bond motifs is 2. The van der Waals surface area contributed by atoms with Crippen molar-refractivity contribution >= 4 is 44.9 Å². The molecule has 0 saturated heterocycles. The molecule has 4 aromatic rings. The molecule has 0 radical (unpaired) electrons. The Hall–Kier alpha value is -2.46. The Balaban J connectivity index is 1.86. The van der Waals surface area contributed by atoms with Crippen LogP contribution in [0.2, 0.25) is 5.15 Å². The van der Waals surface area contributed by atoms with Gasteiger partial charge in [-0.3, -0.25) is 0 Å². The molecule has 2 aromatic heterocycles. The van der Waals surface area contributed by atoms with Crippen LogP contribution in [0.5, 0.6) is 0 Å². The minimum absolute atomic E-state index is 0.635. The van der Waals surface area contributed by atoms with Gasteiger partial charge in [-0.05, 0) is 30.3 Å². The number of aromatic nitrogens is 3. The topological polar surface area (TPSA) is 45.6 Å². The molecule has 104 valence electrons. The summed E-state index contributed by atoms with van der Waals surface area (Å²) >= 11 is 6.06. The van der Waals surface area contributed by atoms with Gasteiger partial charge in [0.2, 0.25) is 0 Å². The highest BCUT2D eigenvalue weighted by Crippen LogP contribution is 2.31. The van der Waals surface area contributed by atoms with Crippen molar-refractivity contribution in [1.29, 1.82) is 0 Å². The summed E-state index contributed by atoms with van der Waals surface area (Å²) in [5, 5.41) is 5.16. The summed E-state index contributed by atoms with van der Waals surface area (Å²) in [5.41, 5.74) is 5.06. The average molecular weight is 297 g/mol. The molecule has 21 heavy (non-hydrogen) atoms. The molecule has 0 atom stereocenters. The third kappa shape index (κ3) is 1.96. The number of nitrogens with one attached hydrogen (secondary N) is 2. The summed E-state index contributed by atoms with van der Waals surface area (Å²) in [6.07, 6.45) is 1.82. The highest BCUT2D eigenvalue weighted by atomic mass is 35.5. The first kappa shape index (κ1) is 12.3. The van der Waals surface area contributed by atoms with Gasteiger partial charge >= 0.3 is 0 Å². The normalized spacial score (nSPS) is 11.3. The predicted octanol–water partition coefficient (Wildman–Crippen LogP) is 4.45. The fraction of sp³-hybridized carbons (Fsp3) is 0.0625. The first-order chi connectivity index (χ1) is 10.2. The van der Waals surface area contributed by atoms with Crippen molar-refractivity contribution in [2.45, 2.75) is 0 Å². The van der Waals surface area contributed by atoms with E-state index in [1.807, 2.05) is 54.3 Å². The fourth-order valence-corrected chi connectivity index (χ4v) is 2.85. The van der Waals surface area contributed by atoms with Crippen LogP contribution in [0.25, 0.3) is 21.9 Å². The number of para-hydroxylation sites is 1. The highest BCUT2D eigenvalue weighted by Gasteiger charge is 2.08. The summed E-state index contributed by atoms with van der Waals surface area (Å²) in [7, 11) is 1.99. The Morgan fingerprint density at radius 2 is 1.95 bits per heavy atom. The summed E-state index contributed by atoms with van der Waals surface area (Å²) in [6, 6.07) is 14.1. The van der Waals surface area contributed by atoms with Gasteiger partial charge in [-0.15, -0.1) is 0 Å². The van der Waals surface area contributed by atoms with Crippen molar-refractivity contribution in [3.05, 3.63) is 53.9 Å². The Morgan fingerprint density at radius 1 is 1.14 bits per heavy atom. The van der Waals surface area contributed by atoms with Crippen LogP contribution >= 0.6 is 11.6 Å². The van der Waals surface area contributed by atoms with Crippen molar-refractivity contribution in [3.63, 3.8) is 0 Å². The van der Waals surface area contributed by atoms with Gasteiger partial charge in [0.1, 0.15) is 10.7 Å². The number of anilines is 2. The number of imidazole rings is 1. The molecule has 0 saturated carbocycles. The third-order valence-corrected chi connectivity index (χ3v) is 3.86. The number of hydrogen-bond donors (Lipinski definition) is 2. The molecule has 0 spiro atoms. The third-order valence-electron chi connectivity index (χ3n) is 3.66. The zero-order valence-electron chi connectivity index (χ0n) is 11.4. The minimum atomic E-state index is 0.635. The first-order valence-corrected chi connectivity index (χ1v) is 7.04. The molecule has 4 rings (SSSR count). The van der Waals surface area contributed by atoms with E-state index in [2.05, 4.69) is 21.4 Å². The molecule has 0 aliphatic heterocycles. The molecule has 0 amide bonds. The molecule has 0 aliphatic rings. The van der Waals surface area contributed by atoms with Crippen molar-refractivity contribution in [1.82, 2.24) is 14.5 Å². The zero-order chi connectivity index (χ0) is 14.4. The van der Waals surface area contributed by atoms with Crippen LogP contribution in [0, 0.1) is 0 Å². The molecule has 2 aromatic carbocycles. The Labute approximate surface area is 126 Å². The minimum Gasteiger partial charge on any atom is -0.353 e. The van der Waals surface area contributed by atoms with Gasteiger partial charge in [-0.2, -0.15) is 0 Å². The van der Waals surface area contributed by atoms with Gasteiger partial charge in [-0.25, -0.2) is 4.98 Å². The molecule has 0 aliphatic carbocycles. The smallest absolute Gasteiger partial charge is 0.112 e. The molecule has 4 nitrogen and oxygen atoms in total. The van der Waals surface area contributed by atoms with E-state index >= 15 is 0 Å². The molecule has 5 heteroatoms. The van der Waals surface area contributed by atoms with E-state index < -0.39 is 0 Å². The monoisotopic (exact) mass is 296 g/mol. The number of halogens is 1. The van der Waals surface area contributed by atoms with E-state index in [0.29, 0.717) is 5.15 Å². The average Bonchev–Trinajstić information content (AvgIpc) is 3.03. The Morgan fingerprint density at radius 3 is 2.86 bits per heavy atom. The van der Waals surface area contributed by atoms with Crippen LogP contribution in [0.1, 0.15) is 0 Å². The van der Waals surface area contributed by atoms with E-state index in [1.165, 1.54) is 0 Å². The van der Waals surface area contributed by atoms with Crippen molar-refractivity contribution < 1.29 is 0 Å². The molecular formula is C16H13ClN4. The second-order valence-electron chi connectivity index (χ2n) is 5.04. The van der Waals surface area contributed by atoms with Gasteiger partial charge < -0.3 is 14.9 Å². The van der Waals surface area contributed by atoms with Crippen LogP contribution in [-0.4, -0.2) is 14.5 Å². The molecule has 2 N–H and O–H groups in total. The van der Waals surface area contributed by atoms with Crippen LogP contribution in [-0.2, 0) is 7.05 Å². The molecule has 0 bridgehead atoms. The maximum atomic E-state index is 6.06. The maximum absolute atomic E-state index is 6.06. The summed E-state index contributed by atoms with van der Waals surface area (Å²) < 4.78 is 2.01. The van der Waals surface area contributed by atoms with Gasteiger partial charge in [0.25, 0.3) is 0 Å². The number of benzene rings is 2. The van der Waals surface area contributed by atoms with Gasteiger partial charge in [0, 0.05) is 23.6 Å².